The lowest BCUT2D eigenvalue weighted by Gasteiger charge is -2.33. The van der Waals surface area contributed by atoms with Crippen LogP contribution in [0.2, 0.25) is 0 Å². The number of carbonyl (C=O) groups excluding carboxylic acids is 1. The van der Waals surface area contributed by atoms with E-state index in [0.29, 0.717) is 37.1 Å². The monoisotopic (exact) mass is 459 g/mol. The molecule has 1 aromatic heterocycles. The number of likely N-dealkylation sites (tertiary alicyclic amines) is 1. The molecule has 1 aromatic carbocycles. The molecule has 0 spiro atoms. The predicted octanol–water partition coefficient (Wildman–Crippen LogP) is 3.79. The van der Waals surface area contributed by atoms with Crippen LogP contribution in [0.25, 0.3) is 0 Å². The molecule has 10 heteroatoms. The maximum absolute atomic E-state index is 14.0. The van der Waals surface area contributed by atoms with E-state index in [4.69, 9.17) is 9.84 Å². The summed E-state index contributed by atoms with van der Waals surface area (Å²) < 4.78 is 19.5. The first-order chi connectivity index (χ1) is 15.6. The molecule has 1 amide bonds. The highest BCUT2D eigenvalue weighted by atomic mass is 19.1. The lowest BCUT2D eigenvalue weighted by Crippen LogP contribution is -2.43. The lowest BCUT2D eigenvalue weighted by atomic mass is 9.97. The second-order valence-corrected chi connectivity index (χ2v) is 9.06. The summed E-state index contributed by atoms with van der Waals surface area (Å²) in [5.41, 5.74) is 0.233. The Morgan fingerprint density at radius 1 is 1.21 bits per heavy atom. The molecule has 178 valence electrons. The van der Waals surface area contributed by atoms with Crippen LogP contribution in [0.1, 0.15) is 49.7 Å². The Hall–Kier alpha value is -3.27. The highest BCUT2D eigenvalue weighted by Crippen LogP contribution is 2.21. The number of ether oxygens (including phenoxy) is 1. The number of anilines is 2. The van der Waals surface area contributed by atoms with Crippen molar-refractivity contribution in [1.29, 1.82) is 0 Å². The maximum Gasteiger partial charge on any atom is 0.410 e. The SMILES string of the molecule is CC(C)(C)OC(=O)N1CCC(CNCc2cc(Nc3cc(C(=O)O)ccc3F)ncn2)CC1. The molecule has 0 atom stereocenters. The molecule has 1 aliphatic rings. The number of rotatable bonds is 7. The largest absolute Gasteiger partial charge is 0.478 e. The van der Waals surface area contributed by atoms with E-state index in [1.54, 1.807) is 11.0 Å². The fourth-order valence-corrected chi connectivity index (χ4v) is 3.51. The predicted molar refractivity (Wildman–Crippen MR) is 121 cm³/mol. The maximum atomic E-state index is 14.0. The molecule has 1 aliphatic heterocycles. The van der Waals surface area contributed by atoms with Crippen molar-refractivity contribution in [3.05, 3.63) is 47.7 Å². The van der Waals surface area contributed by atoms with Crippen LogP contribution in [0.3, 0.4) is 0 Å². The zero-order chi connectivity index (χ0) is 24.0. The van der Waals surface area contributed by atoms with Crippen molar-refractivity contribution in [3.8, 4) is 0 Å². The van der Waals surface area contributed by atoms with Crippen LogP contribution in [0.5, 0.6) is 0 Å². The number of hydrogen-bond acceptors (Lipinski definition) is 7. The number of amides is 1. The molecule has 0 unspecified atom stereocenters. The summed E-state index contributed by atoms with van der Waals surface area (Å²) in [6, 6.07) is 5.21. The van der Waals surface area contributed by atoms with Crippen molar-refractivity contribution >= 4 is 23.6 Å². The van der Waals surface area contributed by atoms with E-state index in [-0.39, 0.29) is 17.3 Å². The molecule has 0 radical (unpaired) electrons. The van der Waals surface area contributed by atoms with Gasteiger partial charge in [0.1, 0.15) is 23.6 Å². The average Bonchev–Trinajstić information content (AvgIpc) is 2.75. The van der Waals surface area contributed by atoms with Gasteiger partial charge in [-0.2, -0.15) is 0 Å². The van der Waals surface area contributed by atoms with Crippen LogP contribution in [-0.4, -0.2) is 57.3 Å². The number of carbonyl (C=O) groups is 2. The van der Waals surface area contributed by atoms with Crippen LogP contribution in [0.4, 0.5) is 20.7 Å². The number of carboxylic acid groups (broad SMARTS) is 1. The van der Waals surface area contributed by atoms with E-state index in [1.807, 2.05) is 20.8 Å². The number of aromatic carboxylic acids is 1. The van der Waals surface area contributed by atoms with Gasteiger partial charge in [-0.05, 0) is 64.3 Å². The summed E-state index contributed by atoms with van der Waals surface area (Å²) >= 11 is 0. The topological polar surface area (TPSA) is 117 Å². The van der Waals surface area contributed by atoms with Gasteiger partial charge in [-0.3, -0.25) is 0 Å². The van der Waals surface area contributed by atoms with Gasteiger partial charge in [0.15, 0.2) is 0 Å². The number of nitrogens with zero attached hydrogens (tertiary/aromatic N) is 3. The van der Waals surface area contributed by atoms with Gasteiger partial charge < -0.3 is 25.4 Å². The van der Waals surface area contributed by atoms with E-state index in [9.17, 15) is 14.0 Å². The van der Waals surface area contributed by atoms with Crippen LogP contribution < -0.4 is 10.6 Å². The first kappa shape index (κ1) is 24.4. The van der Waals surface area contributed by atoms with Crippen molar-refractivity contribution in [2.45, 2.75) is 45.8 Å². The summed E-state index contributed by atoms with van der Waals surface area (Å²) in [7, 11) is 0. The molecular weight excluding hydrogens is 429 g/mol. The Bertz CT molecular complexity index is 987. The van der Waals surface area contributed by atoms with Crippen molar-refractivity contribution in [1.82, 2.24) is 20.2 Å². The summed E-state index contributed by atoms with van der Waals surface area (Å²) in [6.45, 7) is 8.21. The number of nitrogens with one attached hydrogen (secondary N) is 2. The third-order valence-electron chi connectivity index (χ3n) is 5.21. The van der Waals surface area contributed by atoms with Crippen molar-refractivity contribution in [2.75, 3.05) is 25.0 Å². The second-order valence-electron chi connectivity index (χ2n) is 9.06. The molecule has 0 aliphatic carbocycles. The number of halogens is 1. The normalized spacial score (nSPS) is 14.7. The van der Waals surface area contributed by atoms with Crippen LogP contribution in [0.15, 0.2) is 30.6 Å². The molecular formula is C23H30FN5O4. The minimum Gasteiger partial charge on any atom is -0.478 e. The van der Waals surface area contributed by atoms with Gasteiger partial charge in [0.05, 0.1) is 16.9 Å². The molecule has 1 fully saturated rings. The quantitative estimate of drug-likeness (QED) is 0.573. The number of benzene rings is 1. The Morgan fingerprint density at radius 2 is 1.94 bits per heavy atom. The summed E-state index contributed by atoms with van der Waals surface area (Å²) in [5.74, 6) is -0.900. The number of carboxylic acids is 1. The van der Waals surface area contributed by atoms with Gasteiger partial charge in [0.25, 0.3) is 0 Å². The first-order valence-corrected chi connectivity index (χ1v) is 10.9. The van der Waals surface area contributed by atoms with Gasteiger partial charge in [-0.25, -0.2) is 23.9 Å². The Labute approximate surface area is 192 Å². The zero-order valence-electron chi connectivity index (χ0n) is 19.1. The molecule has 33 heavy (non-hydrogen) atoms. The Balaban J connectivity index is 1.47. The smallest absolute Gasteiger partial charge is 0.410 e. The zero-order valence-corrected chi connectivity index (χ0v) is 19.1. The summed E-state index contributed by atoms with van der Waals surface area (Å²) in [5, 5.41) is 15.3. The van der Waals surface area contributed by atoms with Crippen molar-refractivity contribution in [2.24, 2.45) is 5.92 Å². The third-order valence-corrected chi connectivity index (χ3v) is 5.21. The molecule has 0 saturated carbocycles. The van der Waals surface area contributed by atoms with Crippen LogP contribution in [-0.2, 0) is 11.3 Å². The Kier molecular flexibility index (Phi) is 7.80. The molecule has 1 saturated heterocycles. The highest BCUT2D eigenvalue weighted by molar-refractivity contribution is 5.89. The first-order valence-electron chi connectivity index (χ1n) is 10.9. The number of hydrogen-bond donors (Lipinski definition) is 3. The molecule has 9 nitrogen and oxygen atoms in total. The Morgan fingerprint density at radius 3 is 2.61 bits per heavy atom. The third kappa shape index (κ3) is 7.38. The van der Waals surface area contributed by atoms with Crippen molar-refractivity contribution in [3.63, 3.8) is 0 Å². The van der Waals surface area contributed by atoms with Gasteiger partial charge in [0, 0.05) is 25.7 Å². The van der Waals surface area contributed by atoms with E-state index >= 15 is 0 Å². The molecule has 2 aromatic rings. The van der Waals surface area contributed by atoms with Crippen molar-refractivity contribution < 1.29 is 23.8 Å². The number of aromatic nitrogens is 2. The van der Waals surface area contributed by atoms with E-state index in [0.717, 1.165) is 25.5 Å². The van der Waals surface area contributed by atoms with Gasteiger partial charge in [-0.15, -0.1) is 0 Å². The average molecular weight is 460 g/mol. The fourth-order valence-electron chi connectivity index (χ4n) is 3.51. The standard InChI is InChI=1S/C23H30FN5O4/c1-23(2,3)33-22(32)29-8-6-15(7-9-29)12-25-13-17-11-20(27-14-26-17)28-19-10-16(21(30)31)4-5-18(19)24/h4-5,10-11,14-15,25H,6-9,12-13H2,1-3H3,(H,30,31)(H,26,27,28). The number of piperidine rings is 1. The molecule has 3 N–H and O–H groups in total. The van der Waals surface area contributed by atoms with Crippen LogP contribution >= 0.6 is 0 Å². The van der Waals surface area contributed by atoms with Gasteiger partial charge in [0.2, 0.25) is 0 Å². The van der Waals surface area contributed by atoms with Gasteiger partial charge >= 0.3 is 12.1 Å². The second kappa shape index (κ2) is 10.6. The fraction of sp³-hybridized carbons (Fsp3) is 0.478. The van der Waals surface area contributed by atoms with E-state index < -0.39 is 17.4 Å². The minimum absolute atomic E-state index is 0.0208. The summed E-state index contributed by atoms with van der Waals surface area (Å²) in [6.07, 6.45) is 2.89. The van der Waals surface area contributed by atoms with E-state index in [1.165, 1.54) is 18.5 Å². The van der Waals surface area contributed by atoms with E-state index in [2.05, 4.69) is 20.6 Å². The lowest BCUT2D eigenvalue weighted by molar-refractivity contribution is 0.0184. The van der Waals surface area contributed by atoms with Gasteiger partial charge in [-0.1, -0.05) is 0 Å². The highest BCUT2D eigenvalue weighted by Gasteiger charge is 2.26. The van der Waals surface area contributed by atoms with Crippen LogP contribution in [0, 0.1) is 11.7 Å². The molecule has 0 bridgehead atoms. The molecule has 2 heterocycles. The minimum atomic E-state index is -1.14. The molecule has 3 rings (SSSR count). The summed E-state index contributed by atoms with van der Waals surface area (Å²) in [4.78, 5) is 33.4.